The van der Waals surface area contributed by atoms with Crippen molar-refractivity contribution in [2.24, 2.45) is 11.3 Å². The van der Waals surface area contributed by atoms with Gasteiger partial charge in [-0.1, -0.05) is 167 Å². The Kier molecular flexibility index (Phi) is 6.68. The lowest BCUT2D eigenvalue weighted by Gasteiger charge is -2.37. The molecular weight excluding hydrogens is 791 g/mol. The van der Waals surface area contributed by atoms with Gasteiger partial charge in [-0.3, -0.25) is 0 Å². The minimum absolute atomic E-state index is 0.00853. The first-order valence-corrected chi connectivity index (χ1v) is 23.5. The third-order valence-electron chi connectivity index (χ3n) is 17.3. The third kappa shape index (κ3) is 4.21. The van der Waals surface area contributed by atoms with Crippen LogP contribution < -0.4 is 14.4 Å². The van der Waals surface area contributed by atoms with Crippen LogP contribution in [0.3, 0.4) is 0 Å². The highest BCUT2D eigenvalue weighted by Gasteiger charge is 2.75. The van der Waals surface area contributed by atoms with Gasteiger partial charge in [0.1, 0.15) is 0 Å². The fourth-order valence-corrected chi connectivity index (χ4v) is 14.5. The average Bonchev–Trinajstić information content (AvgIpc) is 3.60. The SMILES string of the molecule is CC1(C)C2=C(C=CCC2)c2ccc(N(C3=C[C@@]45C(C=C3)C4c3ccccc3C5(C)C)c3ccc4c(c3)Oc3c(ccc5c3-c3ccccc3C53c5ccccc5-c5ccccc53)O4)cc21. The highest BCUT2D eigenvalue weighted by atomic mass is 16.6. The van der Waals surface area contributed by atoms with Crippen LogP contribution in [0.25, 0.3) is 27.8 Å². The molecule has 0 bridgehead atoms. The van der Waals surface area contributed by atoms with Gasteiger partial charge in [0.25, 0.3) is 0 Å². The maximum absolute atomic E-state index is 7.31. The molecule has 0 saturated heterocycles. The van der Waals surface area contributed by atoms with E-state index in [9.17, 15) is 0 Å². The van der Waals surface area contributed by atoms with Gasteiger partial charge in [-0.15, -0.1) is 0 Å². The van der Waals surface area contributed by atoms with Crippen molar-refractivity contribution in [3.05, 3.63) is 232 Å². The van der Waals surface area contributed by atoms with Crippen molar-refractivity contribution >= 4 is 16.9 Å². The summed E-state index contributed by atoms with van der Waals surface area (Å²) in [5.74, 6) is 3.93. The fraction of sp³-hybridized carbons (Fsp3) is 0.194. The second-order valence-corrected chi connectivity index (χ2v) is 20.6. The van der Waals surface area contributed by atoms with Crippen LogP contribution >= 0.6 is 0 Å². The van der Waals surface area contributed by atoms with Crippen LogP contribution in [0, 0.1) is 11.3 Å². The number of nitrogens with zero attached hydrogens (tertiary/aromatic N) is 1. The van der Waals surface area contributed by atoms with Gasteiger partial charge in [0.2, 0.25) is 0 Å². The van der Waals surface area contributed by atoms with Crippen molar-refractivity contribution in [3.63, 3.8) is 0 Å². The molecule has 1 fully saturated rings. The van der Waals surface area contributed by atoms with Crippen molar-refractivity contribution in [1.29, 1.82) is 0 Å². The molecule has 2 unspecified atom stereocenters. The van der Waals surface area contributed by atoms with Gasteiger partial charge in [0.15, 0.2) is 23.0 Å². The molecule has 2 spiro atoms. The van der Waals surface area contributed by atoms with E-state index in [0.29, 0.717) is 11.8 Å². The normalized spacial score (nSPS) is 23.2. The lowest BCUT2D eigenvalue weighted by Crippen LogP contribution is -2.31. The molecule has 0 N–H and O–H groups in total. The highest BCUT2D eigenvalue weighted by molar-refractivity contribution is 5.98. The van der Waals surface area contributed by atoms with Gasteiger partial charge in [0, 0.05) is 45.2 Å². The van der Waals surface area contributed by atoms with Crippen molar-refractivity contribution in [2.75, 3.05) is 4.90 Å². The molecule has 1 aliphatic heterocycles. The summed E-state index contributed by atoms with van der Waals surface area (Å²) in [6.45, 7) is 9.78. The summed E-state index contributed by atoms with van der Waals surface area (Å²) in [7, 11) is 0. The molecule has 7 aliphatic carbocycles. The largest absolute Gasteiger partial charge is 0.449 e. The molecule has 1 heterocycles. The van der Waals surface area contributed by atoms with Crippen molar-refractivity contribution in [2.45, 2.75) is 62.7 Å². The molecule has 7 aromatic rings. The summed E-state index contributed by atoms with van der Waals surface area (Å²) in [6.07, 6.45) is 14.5. The summed E-state index contributed by atoms with van der Waals surface area (Å²) in [5.41, 5.74) is 21.6. The van der Waals surface area contributed by atoms with E-state index in [0.717, 1.165) is 52.8 Å². The average molecular weight is 838 g/mol. The van der Waals surface area contributed by atoms with Crippen LogP contribution in [0.5, 0.6) is 23.0 Å². The molecular formula is C62H47NO2. The predicted octanol–water partition coefficient (Wildman–Crippen LogP) is 15.6. The number of fused-ring (bicyclic) bond motifs is 18. The first-order chi connectivity index (χ1) is 31.7. The van der Waals surface area contributed by atoms with E-state index in [1.165, 1.54) is 72.5 Å². The van der Waals surface area contributed by atoms with Gasteiger partial charge >= 0.3 is 0 Å². The number of allylic oxidation sites excluding steroid dienone is 7. The zero-order valence-electron chi connectivity index (χ0n) is 37.1. The predicted molar refractivity (Wildman–Crippen MR) is 262 cm³/mol. The van der Waals surface area contributed by atoms with E-state index in [4.69, 9.17) is 9.47 Å². The standard InChI is InChI=1S/C62H47NO2/c1-59(2)45-20-10-5-15-39(45)42-28-25-36(33-52(42)59)63(38-26-29-51-57-44-19-9-11-21-46(44)60(3,4)61(51,57)35-38)37-27-31-53-55(34-37)65-58-54(64-53)32-30-50-56(58)43-18-8-14-24-49(43)62(50)47-22-12-6-16-40(47)41-17-7-13-23-48(41)62/h5-9,11-19,21-35,51,57H,10,20H2,1-4H3/t51?,57?,61-/m1/s1. The van der Waals surface area contributed by atoms with E-state index in [-0.39, 0.29) is 16.2 Å². The molecule has 7 aromatic carbocycles. The molecule has 0 amide bonds. The van der Waals surface area contributed by atoms with E-state index in [2.05, 4.69) is 209 Å². The molecule has 312 valence electrons. The molecule has 3 heteroatoms. The summed E-state index contributed by atoms with van der Waals surface area (Å²) in [5, 5.41) is 0. The van der Waals surface area contributed by atoms with Crippen LogP contribution in [-0.4, -0.2) is 0 Å². The number of ether oxygens (including phenoxy) is 2. The van der Waals surface area contributed by atoms with E-state index < -0.39 is 5.41 Å². The van der Waals surface area contributed by atoms with Gasteiger partial charge in [-0.25, -0.2) is 0 Å². The Bertz CT molecular complexity index is 3440. The van der Waals surface area contributed by atoms with Crippen LogP contribution in [0.4, 0.5) is 11.4 Å². The minimum atomic E-state index is -0.465. The minimum Gasteiger partial charge on any atom is -0.449 e. The quantitative estimate of drug-likeness (QED) is 0.177. The molecule has 0 radical (unpaired) electrons. The Balaban J connectivity index is 0.898. The Morgan fingerprint density at radius 1 is 0.554 bits per heavy atom. The maximum Gasteiger partial charge on any atom is 0.178 e. The van der Waals surface area contributed by atoms with Crippen LogP contribution in [0.1, 0.15) is 91.0 Å². The monoisotopic (exact) mass is 837 g/mol. The van der Waals surface area contributed by atoms with Gasteiger partial charge < -0.3 is 14.4 Å². The molecule has 15 rings (SSSR count). The Labute approximate surface area is 380 Å². The molecule has 0 aromatic heterocycles. The number of anilines is 2. The summed E-state index contributed by atoms with van der Waals surface area (Å²) in [4.78, 5) is 2.49. The zero-order valence-corrected chi connectivity index (χ0v) is 37.1. The second-order valence-electron chi connectivity index (χ2n) is 20.6. The lowest BCUT2D eigenvalue weighted by atomic mass is 9.70. The maximum atomic E-state index is 7.31. The lowest BCUT2D eigenvalue weighted by molar-refractivity contribution is 0.353. The van der Waals surface area contributed by atoms with E-state index in [1.54, 1.807) is 5.57 Å². The van der Waals surface area contributed by atoms with Crippen LogP contribution in [-0.2, 0) is 16.2 Å². The Hall–Kier alpha value is -7.10. The number of hydrogen-bond acceptors (Lipinski definition) is 3. The van der Waals surface area contributed by atoms with Gasteiger partial charge in [0.05, 0.1) is 11.1 Å². The number of hydrogen-bond donors (Lipinski definition) is 0. The number of benzene rings is 7. The summed E-state index contributed by atoms with van der Waals surface area (Å²) in [6, 6.07) is 54.2. The molecule has 3 nitrogen and oxygen atoms in total. The van der Waals surface area contributed by atoms with Crippen LogP contribution in [0.2, 0.25) is 0 Å². The summed E-state index contributed by atoms with van der Waals surface area (Å²) < 4.78 is 14.2. The smallest absolute Gasteiger partial charge is 0.178 e. The molecule has 8 aliphatic rings. The highest BCUT2D eigenvalue weighted by Crippen LogP contribution is 2.81. The van der Waals surface area contributed by atoms with Crippen molar-refractivity contribution in [3.8, 4) is 45.3 Å². The second kappa shape index (κ2) is 12.0. The Morgan fingerprint density at radius 3 is 2.00 bits per heavy atom. The first-order valence-electron chi connectivity index (χ1n) is 23.5. The third-order valence-corrected chi connectivity index (χ3v) is 17.3. The Morgan fingerprint density at radius 2 is 1.22 bits per heavy atom. The van der Waals surface area contributed by atoms with Gasteiger partial charge in [-0.2, -0.15) is 0 Å². The van der Waals surface area contributed by atoms with Gasteiger partial charge in [-0.05, 0) is 122 Å². The van der Waals surface area contributed by atoms with Crippen LogP contribution in [0.15, 0.2) is 187 Å². The topological polar surface area (TPSA) is 21.7 Å². The summed E-state index contributed by atoms with van der Waals surface area (Å²) >= 11 is 0. The van der Waals surface area contributed by atoms with Crippen molar-refractivity contribution in [1.82, 2.24) is 0 Å². The molecule has 1 saturated carbocycles. The fourth-order valence-electron chi connectivity index (χ4n) is 14.5. The van der Waals surface area contributed by atoms with E-state index >= 15 is 0 Å². The van der Waals surface area contributed by atoms with E-state index in [1.807, 2.05) is 0 Å². The first kappa shape index (κ1) is 36.3. The molecule has 65 heavy (non-hydrogen) atoms. The zero-order chi connectivity index (χ0) is 43.2. The van der Waals surface area contributed by atoms with Crippen molar-refractivity contribution < 1.29 is 9.47 Å². The number of rotatable bonds is 3. The molecule has 3 atom stereocenters.